The van der Waals surface area contributed by atoms with Crippen LogP contribution in [0.3, 0.4) is 0 Å². The number of rotatable bonds is 7. The van der Waals surface area contributed by atoms with Crippen molar-refractivity contribution in [3.05, 3.63) is 90.4 Å². The molecular formula is C23H20N4O4S. The molecule has 0 bridgehead atoms. The Morgan fingerprint density at radius 3 is 2.66 bits per heavy atom. The molecular weight excluding hydrogens is 428 g/mol. The van der Waals surface area contributed by atoms with Crippen LogP contribution in [0.2, 0.25) is 0 Å². The highest BCUT2D eigenvalue weighted by molar-refractivity contribution is 7.89. The molecule has 2 heterocycles. The fraction of sp³-hybridized carbons (Fsp3) is 0.0870. The largest absolute Gasteiger partial charge is 0.495 e. The lowest BCUT2D eigenvalue weighted by atomic mass is 10.2. The normalized spacial score (nSPS) is 11.3. The number of benzene rings is 2. The van der Waals surface area contributed by atoms with E-state index >= 15 is 0 Å². The Labute approximate surface area is 185 Å². The van der Waals surface area contributed by atoms with Crippen LogP contribution >= 0.6 is 0 Å². The van der Waals surface area contributed by atoms with Gasteiger partial charge < -0.3 is 10.1 Å². The Kier molecular flexibility index (Phi) is 6.11. The quantitative estimate of drug-likeness (QED) is 0.449. The number of nitrogens with one attached hydrogen (secondary N) is 2. The Morgan fingerprint density at radius 2 is 1.88 bits per heavy atom. The van der Waals surface area contributed by atoms with E-state index in [9.17, 15) is 13.2 Å². The van der Waals surface area contributed by atoms with Gasteiger partial charge in [-0.1, -0.05) is 24.3 Å². The number of para-hydroxylation sites is 1. The third kappa shape index (κ3) is 4.74. The summed E-state index contributed by atoms with van der Waals surface area (Å²) in [6.45, 7) is 0.0541. The molecule has 0 aliphatic carbocycles. The van der Waals surface area contributed by atoms with Crippen LogP contribution < -0.4 is 14.8 Å². The molecule has 9 heteroatoms. The molecule has 4 rings (SSSR count). The molecule has 0 radical (unpaired) electrons. The molecule has 0 aliphatic heterocycles. The van der Waals surface area contributed by atoms with Crippen molar-refractivity contribution in [2.24, 2.45) is 0 Å². The monoisotopic (exact) mass is 448 g/mol. The van der Waals surface area contributed by atoms with E-state index in [1.165, 1.54) is 25.3 Å². The number of aromatic nitrogens is 2. The summed E-state index contributed by atoms with van der Waals surface area (Å²) in [5.74, 6) is -0.332. The number of nitrogens with zero attached hydrogens (tertiary/aromatic N) is 2. The topological polar surface area (TPSA) is 110 Å². The SMILES string of the molecule is COc1ccc(C(=O)Nc2cnc3ccccc3c2)cc1S(=O)(=O)NCc1cccnc1. The Balaban J connectivity index is 1.58. The van der Waals surface area contributed by atoms with Gasteiger partial charge in [0.15, 0.2) is 0 Å². The number of carbonyl (C=O) groups is 1. The zero-order chi connectivity index (χ0) is 22.6. The van der Waals surface area contributed by atoms with Gasteiger partial charge in [-0.2, -0.15) is 0 Å². The van der Waals surface area contributed by atoms with Crippen LogP contribution in [-0.4, -0.2) is 31.4 Å². The average molecular weight is 449 g/mol. The molecule has 162 valence electrons. The highest BCUT2D eigenvalue weighted by atomic mass is 32.2. The van der Waals surface area contributed by atoms with Crippen LogP contribution in [-0.2, 0) is 16.6 Å². The first kappa shape index (κ1) is 21.4. The highest BCUT2D eigenvalue weighted by Crippen LogP contribution is 2.26. The maximum absolute atomic E-state index is 12.9. The maximum atomic E-state index is 12.9. The van der Waals surface area contributed by atoms with Crippen molar-refractivity contribution in [1.29, 1.82) is 0 Å². The van der Waals surface area contributed by atoms with E-state index in [1.807, 2.05) is 24.3 Å². The fourth-order valence-corrected chi connectivity index (χ4v) is 4.34. The van der Waals surface area contributed by atoms with Crippen LogP contribution in [0, 0.1) is 0 Å². The fourth-order valence-electron chi connectivity index (χ4n) is 3.13. The minimum Gasteiger partial charge on any atom is -0.495 e. The number of fused-ring (bicyclic) bond motifs is 1. The number of anilines is 1. The molecule has 2 N–H and O–H groups in total. The van der Waals surface area contributed by atoms with Crippen LogP contribution in [0.15, 0.2) is 84.1 Å². The van der Waals surface area contributed by atoms with Gasteiger partial charge in [-0.15, -0.1) is 0 Å². The van der Waals surface area contributed by atoms with E-state index in [0.717, 1.165) is 10.9 Å². The van der Waals surface area contributed by atoms with E-state index in [-0.39, 0.29) is 22.8 Å². The van der Waals surface area contributed by atoms with Crippen LogP contribution in [0.4, 0.5) is 5.69 Å². The second kappa shape index (κ2) is 9.13. The molecule has 2 aromatic heterocycles. The zero-order valence-corrected chi connectivity index (χ0v) is 18.0. The van der Waals surface area contributed by atoms with Crippen molar-refractivity contribution in [3.8, 4) is 5.75 Å². The average Bonchev–Trinajstić information content (AvgIpc) is 2.83. The molecule has 0 saturated carbocycles. The van der Waals surface area contributed by atoms with Gasteiger partial charge >= 0.3 is 0 Å². The number of sulfonamides is 1. The van der Waals surface area contributed by atoms with Crippen molar-refractivity contribution in [2.75, 3.05) is 12.4 Å². The van der Waals surface area contributed by atoms with E-state index in [4.69, 9.17) is 4.74 Å². The number of carbonyl (C=O) groups excluding carboxylic acids is 1. The van der Waals surface area contributed by atoms with Crippen LogP contribution in [0.1, 0.15) is 15.9 Å². The van der Waals surface area contributed by atoms with Crippen LogP contribution in [0.25, 0.3) is 10.9 Å². The predicted molar refractivity (Wildman–Crippen MR) is 121 cm³/mol. The second-order valence-electron chi connectivity index (χ2n) is 6.92. The first-order chi connectivity index (χ1) is 15.5. The molecule has 0 fully saturated rings. The van der Waals surface area contributed by atoms with Crippen molar-refractivity contribution < 1.29 is 17.9 Å². The summed E-state index contributed by atoms with van der Waals surface area (Å²) in [5.41, 5.74) is 2.18. The lowest BCUT2D eigenvalue weighted by molar-refractivity contribution is 0.102. The van der Waals surface area contributed by atoms with Gasteiger partial charge in [0.05, 0.1) is 24.5 Å². The van der Waals surface area contributed by atoms with Crippen molar-refractivity contribution in [3.63, 3.8) is 0 Å². The van der Waals surface area contributed by atoms with Gasteiger partial charge in [0.1, 0.15) is 10.6 Å². The summed E-state index contributed by atoms with van der Waals surface area (Å²) < 4.78 is 33.5. The molecule has 4 aromatic rings. The van der Waals surface area contributed by atoms with Gasteiger partial charge in [-0.05, 0) is 42.0 Å². The third-order valence-electron chi connectivity index (χ3n) is 4.75. The van der Waals surface area contributed by atoms with E-state index in [1.54, 1.807) is 36.8 Å². The van der Waals surface area contributed by atoms with Gasteiger partial charge in [0, 0.05) is 29.9 Å². The Bertz CT molecular complexity index is 1380. The summed E-state index contributed by atoms with van der Waals surface area (Å²) >= 11 is 0. The number of hydrogen-bond acceptors (Lipinski definition) is 6. The summed E-state index contributed by atoms with van der Waals surface area (Å²) in [7, 11) is -2.58. The number of pyridine rings is 2. The molecule has 0 spiro atoms. The van der Waals surface area contributed by atoms with E-state index < -0.39 is 15.9 Å². The Hall–Kier alpha value is -3.82. The molecule has 0 atom stereocenters. The predicted octanol–water partition coefficient (Wildman–Crippen LogP) is 3.37. The van der Waals surface area contributed by atoms with Crippen molar-refractivity contribution in [1.82, 2.24) is 14.7 Å². The molecule has 1 amide bonds. The molecule has 8 nitrogen and oxygen atoms in total. The molecule has 32 heavy (non-hydrogen) atoms. The minimum absolute atomic E-state index is 0.0541. The van der Waals surface area contributed by atoms with Gasteiger partial charge in [-0.3, -0.25) is 14.8 Å². The first-order valence-electron chi connectivity index (χ1n) is 9.69. The van der Waals surface area contributed by atoms with Gasteiger partial charge in [0.25, 0.3) is 5.91 Å². The van der Waals surface area contributed by atoms with E-state index in [2.05, 4.69) is 20.0 Å². The Morgan fingerprint density at radius 1 is 1.03 bits per heavy atom. The number of amides is 1. The van der Waals surface area contributed by atoms with Crippen molar-refractivity contribution in [2.45, 2.75) is 11.4 Å². The lowest BCUT2D eigenvalue weighted by Gasteiger charge is -2.13. The first-order valence-corrected chi connectivity index (χ1v) is 11.2. The summed E-state index contributed by atoms with van der Waals surface area (Å²) in [4.78, 5) is 21.0. The second-order valence-corrected chi connectivity index (χ2v) is 8.66. The lowest BCUT2D eigenvalue weighted by Crippen LogP contribution is -2.24. The maximum Gasteiger partial charge on any atom is 0.255 e. The summed E-state index contributed by atoms with van der Waals surface area (Å²) in [5, 5.41) is 3.64. The van der Waals surface area contributed by atoms with Crippen molar-refractivity contribution >= 4 is 32.5 Å². The zero-order valence-electron chi connectivity index (χ0n) is 17.1. The number of hydrogen-bond donors (Lipinski definition) is 2. The summed E-state index contributed by atoms with van der Waals surface area (Å²) in [6.07, 6.45) is 4.73. The number of methoxy groups -OCH3 is 1. The van der Waals surface area contributed by atoms with Gasteiger partial charge in [-0.25, -0.2) is 13.1 Å². The van der Waals surface area contributed by atoms with Crippen LogP contribution in [0.5, 0.6) is 5.75 Å². The molecule has 0 unspecified atom stereocenters. The highest BCUT2D eigenvalue weighted by Gasteiger charge is 2.22. The molecule has 0 aliphatic rings. The third-order valence-corrected chi connectivity index (χ3v) is 6.18. The molecule has 0 saturated heterocycles. The van der Waals surface area contributed by atoms with Gasteiger partial charge in [0.2, 0.25) is 10.0 Å². The molecule has 2 aromatic carbocycles. The summed E-state index contributed by atoms with van der Waals surface area (Å²) in [6, 6.07) is 17.1. The smallest absolute Gasteiger partial charge is 0.255 e. The van der Waals surface area contributed by atoms with E-state index in [0.29, 0.717) is 11.3 Å². The number of ether oxygens (including phenoxy) is 1. The minimum atomic E-state index is -3.95. The standard InChI is InChI=1S/C23H20N4O4S/c1-31-21-9-8-18(12-22(21)32(29,30)26-14-16-5-4-10-24-13-16)23(28)27-19-11-17-6-2-3-7-20(17)25-15-19/h2-13,15,26H,14H2,1H3,(H,27,28).